The summed E-state index contributed by atoms with van der Waals surface area (Å²) in [5.41, 5.74) is 3.24. The standard InChI is InChI=1S/C23H19ClN4O5S2/c24-20-8-3-16(14-19(20)21-9-10-22-23(26-21)2-1-11-25-22)27-35(31,32)18-6-4-17(5-7-18)28-12-13-33-15-34(28,29)30/h1-11,14,27H,12-13,15H2. The van der Waals surface area contributed by atoms with E-state index in [0.29, 0.717) is 33.2 Å². The Bertz CT molecular complexity index is 1630. The molecule has 2 aromatic carbocycles. The van der Waals surface area contributed by atoms with Gasteiger partial charge in [-0.05, 0) is 66.7 Å². The van der Waals surface area contributed by atoms with Gasteiger partial charge in [-0.15, -0.1) is 0 Å². The van der Waals surface area contributed by atoms with Gasteiger partial charge in [0.25, 0.3) is 20.0 Å². The molecule has 1 fully saturated rings. The fourth-order valence-corrected chi connectivity index (χ4v) is 6.22. The van der Waals surface area contributed by atoms with Gasteiger partial charge in [-0.2, -0.15) is 0 Å². The molecular formula is C23H19ClN4O5S2. The first kappa shape index (κ1) is 23.5. The molecular weight excluding hydrogens is 512 g/mol. The van der Waals surface area contributed by atoms with Crippen LogP contribution in [-0.4, -0.2) is 45.9 Å². The maximum Gasteiger partial charge on any atom is 0.261 e. The van der Waals surface area contributed by atoms with E-state index in [2.05, 4.69) is 14.7 Å². The highest BCUT2D eigenvalue weighted by molar-refractivity contribution is 7.93. The number of sulfonamides is 2. The van der Waals surface area contributed by atoms with Gasteiger partial charge in [-0.1, -0.05) is 11.6 Å². The smallest absolute Gasteiger partial charge is 0.261 e. The summed E-state index contributed by atoms with van der Waals surface area (Å²) in [5.74, 6) is -0.407. The molecule has 180 valence electrons. The van der Waals surface area contributed by atoms with E-state index in [4.69, 9.17) is 16.3 Å². The number of anilines is 2. The molecule has 0 radical (unpaired) electrons. The van der Waals surface area contributed by atoms with Crippen molar-refractivity contribution in [3.8, 4) is 11.3 Å². The summed E-state index contributed by atoms with van der Waals surface area (Å²) in [7, 11) is -7.55. The van der Waals surface area contributed by atoms with Crippen molar-refractivity contribution in [3.63, 3.8) is 0 Å². The summed E-state index contributed by atoms with van der Waals surface area (Å²) >= 11 is 6.39. The number of benzene rings is 2. The summed E-state index contributed by atoms with van der Waals surface area (Å²) in [6.07, 6.45) is 1.68. The molecule has 1 N–H and O–H groups in total. The van der Waals surface area contributed by atoms with Crippen molar-refractivity contribution < 1.29 is 21.6 Å². The summed E-state index contributed by atoms with van der Waals surface area (Å²) in [6, 6.07) is 17.6. The molecule has 12 heteroatoms. The van der Waals surface area contributed by atoms with Crippen LogP contribution in [0.4, 0.5) is 11.4 Å². The zero-order valence-corrected chi connectivity index (χ0v) is 20.5. The SMILES string of the molecule is O=S(=O)(Nc1ccc(Cl)c(-c2ccc3ncccc3n2)c1)c1ccc(N2CCOCS2(=O)=O)cc1. The first-order valence-corrected chi connectivity index (χ1v) is 13.9. The van der Waals surface area contributed by atoms with E-state index in [1.165, 1.54) is 28.6 Å². The zero-order valence-electron chi connectivity index (χ0n) is 18.1. The van der Waals surface area contributed by atoms with Crippen molar-refractivity contribution >= 4 is 54.1 Å². The number of fused-ring (bicyclic) bond motifs is 1. The molecule has 0 saturated carbocycles. The lowest BCUT2D eigenvalue weighted by molar-refractivity contribution is 0.175. The van der Waals surface area contributed by atoms with Gasteiger partial charge in [0.2, 0.25) is 0 Å². The van der Waals surface area contributed by atoms with Crippen molar-refractivity contribution in [2.45, 2.75) is 4.90 Å². The van der Waals surface area contributed by atoms with Gasteiger partial charge in [0, 0.05) is 17.4 Å². The third-order valence-corrected chi connectivity index (χ3v) is 8.65. The van der Waals surface area contributed by atoms with Crippen LogP contribution in [0.1, 0.15) is 0 Å². The molecule has 0 amide bonds. The van der Waals surface area contributed by atoms with E-state index < -0.39 is 26.0 Å². The highest BCUT2D eigenvalue weighted by Gasteiger charge is 2.27. The number of hydrogen-bond acceptors (Lipinski definition) is 7. The molecule has 35 heavy (non-hydrogen) atoms. The van der Waals surface area contributed by atoms with Gasteiger partial charge in [0.05, 0.1) is 45.5 Å². The predicted molar refractivity (Wildman–Crippen MR) is 134 cm³/mol. The number of aromatic nitrogens is 2. The minimum Gasteiger partial charge on any atom is -0.362 e. The summed E-state index contributed by atoms with van der Waals surface area (Å²) in [4.78, 5) is 8.82. The van der Waals surface area contributed by atoms with Gasteiger partial charge in [0.15, 0.2) is 5.94 Å². The third kappa shape index (κ3) is 4.80. The highest BCUT2D eigenvalue weighted by Crippen LogP contribution is 2.31. The lowest BCUT2D eigenvalue weighted by atomic mass is 10.1. The minimum atomic E-state index is -3.95. The Kier molecular flexibility index (Phi) is 6.09. The van der Waals surface area contributed by atoms with E-state index in [1.54, 1.807) is 36.5 Å². The minimum absolute atomic E-state index is 0.0155. The lowest BCUT2D eigenvalue weighted by Crippen LogP contribution is -2.41. The number of nitrogens with zero attached hydrogens (tertiary/aromatic N) is 3. The molecule has 0 atom stereocenters. The second-order valence-electron chi connectivity index (χ2n) is 7.74. The van der Waals surface area contributed by atoms with Gasteiger partial charge >= 0.3 is 0 Å². The Morgan fingerprint density at radius 3 is 2.57 bits per heavy atom. The molecule has 4 aromatic rings. The average molecular weight is 531 g/mol. The van der Waals surface area contributed by atoms with Crippen molar-refractivity contribution in [1.29, 1.82) is 0 Å². The van der Waals surface area contributed by atoms with Gasteiger partial charge in [-0.3, -0.25) is 14.0 Å². The van der Waals surface area contributed by atoms with Crippen LogP contribution in [0.5, 0.6) is 0 Å². The fraction of sp³-hybridized carbons (Fsp3) is 0.130. The van der Waals surface area contributed by atoms with Crippen LogP contribution in [0.2, 0.25) is 5.02 Å². The van der Waals surface area contributed by atoms with Gasteiger partial charge in [0.1, 0.15) is 0 Å². The summed E-state index contributed by atoms with van der Waals surface area (Å²) in [5, 5.41) is 0.416. The van der Waals surface area contributed by atoms with Crippen molar-refractivity contribution in [2.24, 2.45) is 0 Å². The van der Waals surface area contributed by atoms with E-state index in [-0.39, 0.29) is 18.0 Å². The van der Waals surface area contributed by atoms with Crippen LogP contribution in [0.3, 0.4) is 0 Å². The molecule has 1 aliphatic heterocycles. The van der Waals surface area contributed by atoms with E-state index in [0.717, 1.165) is 5.52 Å². The third-order valence-electron chi connectivity index (χ3n) is 5.39. The van der Waals surface area contributed by atoms with E-state index in [9.17, 15) is 16.8 Å². The molecule has 9 nitrogen and oxygen atoms in total. The zero-order chi connectivity index (χ0) is 24.6. The molecule has 3 heterocycles. The number of ether oxygens (including phenoxy) is 1. The quantitative estimate of drug-likeness (QED) is 0.416. The molecule has 5 rings (SSSR count). The molecule has 1 saturated heterocycles. The first-order chi connectivity index (χ1) is 16.7. The largest absolute Gasteiger partial charge is 0.362 e. The van der Waals surface area contributed by atoms with Crippen LogP contribution in [0, 0.1) is 0 Å². The van der Waals surface area contributed by atoms with Gasteiger partial charge < -0.3 is 4.74 Å². The van der Waals surface area contributed by atoms with Crippen molar-refractivity contribution in [2.75, 3.05) is 28.1 Å². The normalized spacial score (nSPS) is 15.7. The summed E-state index contributed by atoms with van der Waals surface area (Å²) < 4.78 is 59.2. The first-order valence-electron chi connectivity index (χ1n) is 10.5. The maximum atomic E-state index is 13.0. The van der Waals surface area contributed by atoms with Crippen LogP contribution in [-0.2, 0) is 24.8 Å². The molecule has 0 unspecified atom stereocenters. The lowest BCUT2D eigenvalue weighted by Gasteiger charge is -2.28. The Hall–Kier alpha value is -3.25. The second kappa shape index (κ2) is 9.08. The monoisotopic (exact) mass is 530 g/mol. The van der Waals surface area contributed by atoms with E-state index >= 15 is 0 Å². The topological polar surface area (TPSA) is 119 Å². The number of nitrogens with one attached hydrogen (secondary N) is 1. The van der Waals surface area contributed by atoms with Crippen LogP contribution < -0.4 is 9.03 Å². The van der Waals surface area contributed by atoms with Crippen LogP contribution >= 0.6 is 11.6 Å². The molecule has 0 bridgehead atoms. The molecule has 0 aliphatic carbocycles. The predicted octanol–water partition coefficient (Wildman–Crippen LogP) is 3.87. The van der Waals surface area contributed by atoms with Crippen LogP contribution in [0.25, 0.3) is 22.3 Å². The number of hydrogen-bond donors (Lipinski definition) is 1. The Balaban J connectivity index is 1.41. The van der Waals surface area contributed by atoms with Crippen LogP contribution in [0.15, 0.2) is 77.8 Å². The number of rotatable bonds is 5. The van der Waals surface area contributed by atoms with E-state index in [1.807, 2.05) is 12.1 Å². The highest BCUT2D eigenvalue weighted by atomic mass is 35.5. The molecule has 0 spiro atoms. The number of pyridine rings is 2. The Morgan fingerprint density at radius 2 is 1.80 bits per heavy atom. The molecule has 1 aliphatic rings. The van der Waals surface area contributed by atoms with Crippen molar-refractivity contribution in [3.05, 3.63) is 77.9 Å². The summed E-state index contributed by atoms with van der Waals surface area (Å²) in [6.45, 7) is 0.432. The maximum absolute atomic E-state index is 13.0. The fourth-order valence-electron chi connectivity index (χ4n) is 3.70. The second-order valence-corrected chi connectivity index (χ2v) is 11.7. The number of halogens is 1. The van der Waals surface area contributed by atoms with Gasteiger partial charge in [-0.25, -0.2) is 21.8 Å². The Morgan fingerprint density at radius 1 is 1.00 bits per heavy atom. The Labute approximate surface area is 207 Å². The molecule has 2 aromatic heterocycles. The average Bonchev–Trinajstić information content (AvgIpc) is 2.84. The van der Waals surface area contributed by atoms with Crippen molar-refractivity contribution in [1.82, 2.24) is 9.97 Å².